The van der Waals surface area contributed by atoms with Gasteiger partial charge in [0.05, 0.1) is 24.2 Å². The number of carbonyl (C=O) groups is 1. The van der Waals surface area contributed by atoms with Crippen LogP contribution in [0.4, 0.5) is 16.0 Å². The summed E-state index contributed by atoms with van der Waals surface area (Å²) in [4.78, 5) is 19.4. The maximum Gasteiger partial charge on any atom is 0.255 e. The van der Waals surface area contributed by atoms with E-state index in [0.717, 1.165) is 43.3 Å². The second-order valence-electron chi connectivity index (χ2n) is 7.90. The highest BCUT2D eigenvalue weighted by molar-refractivity contribution is 5.73. The largest absolute Gasteiger partial charge is 0.475 e. The molecule has 0 spiro atoms. The molecule has 0 radical (unpaired) electrons. The van der Waals surface area contributed by atoms with E-state index < -0.39 is 5.82 Å². The molecule has 1 saturated carbocycles. The van der Waals surface area contributed by atoms with Crippen LogP contribution in [0.2, 0.25) is 0 Å². The maximum absolute atomic E-state index is 14.1. The van der Waals surface area contributed by atoms with E-state index in [-0.39, 0.29) is 29.8 Å². The molecule has 1 aliphatic rings. The SMILES string of the molecule is CC(=O)N[C@H]1CC[C@H](COc2nc(Nc3cn(C(C)C)nc3C)ncc2F)CC1. The highest BCUT2D eigenvalue weighted by Crippen LogP contribution is 2.26. The summed E-state index contributed by atoms with van der Waals surface area (Å²) in [6, 6.07) is 0.461. The minimum absolute atomic E-state index is 0.00181. The van der Waals surface area contributed by atoms with Crippen LogP contribution < -0.4 is 15.4 Å². The predicted octanol–water partition coefficient (Wildman–Crippen LogP) is 3.52. The second-order valence-corrected chi connectivity index (χ2v) is 7.90. The van der Waals surface area contributed by atoms with Gasteiger partial charge in [-0.15, -0.1) is 0 Å². The van der Waals surface area contributed by atoms with Crippen molar-refractivity contribution in [3.63, 3.8) is 0 Å². The van der Waals surface area contributed by atoms with E-state index in [0.29, 0.717) is 12.5 Å². The molecule has 29 heavy (non-hydrogen) atoms. The Kier molecular flexibility index (Phi) is 6.66. The zero-order valence-corrected chi connectivity index (χ0v) is 17.4. The van der Waals surface area contributed by atoms with Gasteiger partial charge in [-0.2, -0.15) is 14.5 Å². The van der Waals surface area contributed by atoms with Gasteiger partial charge in [0.2, 0.25) is 17.7 Å². The Morgan fingerprint density at radius 2 is 2.07 bits per heavy atom. The highest BCUT2D eigenvalue weighted by atomic mass is 19.1. The van der Waals surface area contributed by atoms with Gasteiger partial charge in [-0.3, -0.25) is 9.48 Å². The quantitative estimate of drug-likeness (QED) is 0.733. The van der Waals surface area contributed by atoms with E-state index in [1.54, 1.807) is 0 Å². The zero-order chi connectivity index (χ0) is 21.0. The van der Waals surface area contributed by atoms with Crippen LogP contribution in [0.3, 0.4) is 0 Å². The number of ether oxygens (including phenoxy) is 1. The molecule has 0 atom stereocenters. The van der Waals surface area contributed by atoms with Crippen molar-refractivity contribution in [1.82, 2.24) is 25.1 Å². The van der Waals surface area contributed by atoms with Crippen molar-refractivity contribution in [1.29, 1.82) is 0 Å². The maximum atomic E-state index is 14.1. The first-order valence-corrected chi connectivity index (χ1v) is 10.1. The number of carbonyl (C=O) groups excluding carboxylic acids is 1. The molecule has 0 unspecified atom stereocenters. The Labute approximate surface area is 170 Å². The van der Waals surface area contributed by atoms with Crippen LogP contribution in [0.5, 0.6) is 5.88 Å². The molecule has 0 aromatic carbocycles. The Bertz CT molecular complexity index is 845. The molecule has 0 aliphatic heterocycles. The Morgan fingerprint density at radius 3 is 2.69 bits per heavy atom. The summed E-state index contributed by atoms with van der Waals surface area (Å²) < 4.78 is 21.6. The fourth-order valence-electron chi connectivity index (χ4n) is 3.46. The number of aromatic nitrogens is 4. The van der Waals surface area contributed by atoms with E-state index in [1.807, 2.05) is 31.6 Å². The molecule has 1 fully saturated rings. The molecule has 1 amide bonds. The van der Waals surface area contributed by atoms with Gasteiger partial charge in [-0.1, -0.05) is 0 Å². The monoisotopic (exact) mass is 404 g/mol. The van der Waals surface area contributed by atoms with Crippen molar-refractivity contribution >= 4 is 17.5 Å². The lowest BCUT2D eigenvalue weighted by Crippen LogP contribution is -2.37. The van der Waals surface area contributed by atoms with Crippen LogP contribution in [-0.4, -0.2) is 38.3 Å². The minimum atomic E-state index is -0.586. The average Bonchev–Trinajstić information content (AvgIpc) is 3.04. The van der Waals surface area contributed by atoms with Gasteiger partial charge >= 0.3 is 0 Å². The first-order chi connectivity index (χ1) is 13.8. The third-order valence-corrected chi connectivity index (χ3v) is 5.11. The molecular weight excluding hydrogens is 375 g/mol. The smallest absolute Gasteiger partial charge is 0.255 e. The summed E-state index contributed by atoms with van der Waals surface area (Å²) in [5.74, 6) is -0.0566. The molecule has 2 aromatic heterocycles. The number of nitrogens with zero attached hydrogens (tertiary/aromatic N) is 4. The van der Waals surface area contributed by atoms with Crippen molar-refractivity contribution in [2.24, 2.45) is 5.92 Å². The third kappa shape index (κ3) is 5.65. The van der Waals surface area contributed by atoms with Crippen LogP contribution in [0, 0.1) is 18.7 Å². The number of aryl methyl sites for hydroxylation is 1. The van der Waals surface area contributed by atoms with Crippen LogP contribution >= 0.6 is 0 Å². The number of hydrogen-bond donors (Lipinski definition) is 2. The number of hydrogen-bond acceptors (Lipinski definition) is 6. The summed E-state index contributed by atoms with van der Waals surface area (Å²) in [5.41, 5.74) is 1.58. The molecule has 9 heteroatoms. The van der Waals surface area contributed by atoms with Crippen LogP contribution in [0.25, 0.3) is 0 Å². The molecule has 3 rings (SSSR count). The van der Waals surface area contributed by atoms with E-state index in [9.17, 15) is 9.18 Å². The van der Waals surface area contributed by atoms with Crippen molar-refractivity contribution in [3.8, 4) is 5.88 Å². The van der Waals surface area contributed by atoms with E-state index >= 15 is 0 Å². The summed E-state index contributed by atoms with van der Waals surface area (Å²) in [6.07, 6.45) is 6.66. The standard InChI is InChI=1S/C20H29FN6O2/c1-12(2)27-10-18(13(3)26-27)24-20-22-9-17(21)19(25-20)29-11-15-5-7-16(8-6-15)23-14(4)28/h9-10,12,15-16H,5-8,11H2,1-4H3,(H,23,28)(H,22,24,25)/t15-,16-. The number of anilines is 2. The predicted molar refractivity (Wildman–Crippen MR) is 108 cm³/mol. The molecule has 1 aliphatic carbocycles. The highest BCUT2D eigenvalue weighted by Gasteiger charge is 2.23. The summed E-state index contributed by atoms with van der Waals surface area (Å²) in [5, 5.41) is 10.5. The van der Waals surface area contributed by atoms with Gasteiger partial charge in [-0.05, 0) is 52.4 Å². The Balaban J connectivity index is 1.58. The molecule has 2 heterocycles. The lowest BCUT2D eigenvalue weighted by molar-refractivity contribution is -0.119. The number of halogens is 1. The average molecular weight is 404 g/mol. The lowest BCUT2D eigenvalue weighted by atomic mass is 9.86. The van der Waals surface area contributed by atoms with Crippen molar-refractivity contribution in [2.75, 3.05) is 11.9 Å². The van der Waals surface area contributed by atoms with Gasteiger partial charge in [0.15, 0.2) is 0 Å². The molecular formula is C20H29FN6O2. The number of rotatable bonds is 7. The normalized spacial score (nSPS) is 19.2. The fraction of sp³-hybridized carbons (Fsp3) is 0.600. The zero-order valence-electron chi connectivity index (χ0n) is 17.4. The third-order valence-electron chi connectivity index (χ3n) is 5.11. The number of nitrogens with one attached hydrogen (secondary N) is 2. The van der Waals surface area contributed by atoms with Crippen LogP contribution in [-0.2, 0) is 4.79 Å². The molecule has 2 N–H and O–H groups in total. The van der Waals surface area contributed by atoms with Crippen LogP contribution in [0.1, 0.15) is 58.2 Å². The van der Waals surface area contributed by atoms with Crippen molar-refractivity contribution in [2.45, 2.75) is 65.5 Å². The molecule has 2 aromatic rings. The van der Waals surface area contributed by atoms with Gasteiger partial charge in [0, 0.05) is 25.2 Å². The topological polar surface area (TPSA) is 94.0 Å². The summed E-state index contributed by atoms with van der Waals surface area (Å²) in [6.45, 7) is 7.90. The minimum Gasteiger partial charge on any atom is -0.475 e. The molecule has 8 nitrogen and oxygen atoms in total. The fourth-order valence-corrected chi connectivity index (χ4v) is 3.46. The van der Waals surface area contributed by atoms with E-state index in [4.69, 9.17) is 4.74 Å². The van der Waals surface area contributed by atoms with Gasteiger partial charge in [0.25, 0.3) is 5.88 Å². The van der Waals surface area contributed by atoms with E-state index in [1.165, 1.54) is 6.92 Å². The molecule has 0 bridgehead atoms. The van der Waals surface area contributed by atoms with Crippen molar-refractivity contribution < 1.29 is 13.9 Å². The van der Waals surface area contributed by atoms with Crippen LogP contribution in [0.15, 0.2) is 12.4 Å². The first kappa shape index (κ1) is 21.0. The van der Waals surface area contributed by atoms with Gasteiger partial charge in [0.1, 0.15) is 0 Å². The molecule has 158 valence electrons. The van der Waals surface area contributed by atoms with E-state index in [2.05, 4.69) is 25.7 Å². The first-order valence-electron chi connectivity index (χ1n) is 10.1. The summed E-state index contributed by atoms with van der Waals surface area (Å²) >= 11 is 0. The number of amides is 1. The van der Waals surface area contributed by atoms with Gasteiger partial charge < -0.3 is 15.4 Å². The second kappa shape index (κ2) is 9.19. The lowest BCUT2D eigenvalue weighted by Gasteiger charge is -2.28. The Hall–Kier alpha value is -2.71. The summed E-state index contributed by atoms with van der Waals surface area (Å²) in [7, 11) is 0. The molecule has 0 saturated heterocycles. The van der Waals surface area contributed by atoms with Gasteiger partial charge in [-0.25, -0.2) is 4.98 Å². The Morgan fingerprint density at radius 1 is 1.34 bits per heavy atom. The van der Waals surface area contributed by atoms with Crippen molar-refractivity contribution in [3.05, 3.63) is 23.9 Å².